The number of sulfone groups is 1. The van der Waals surface area contributed by atoms with Crippen LogP contribution >= 0.6 is 11.3 Å². The van der Waals surface area contributed by atoms with Crippen molar-refractivity contribution in [1.29, 1.82) is 0 Å². The summed E-state index contributed by atoms with van der Waals surface area (Å²) in [5, 5.41) is 2.52. The summed E-state index contributed by atoms with van der Waals surface area (Å²) in [5.74, 6) is 0.0184. The smallest absolute Gasteiger partial charge is 0.153 e. The molecule has 16 heavy (non-hydrogen) atoms. The molecule has 0 radical (unpaired) electrons. The lowest BCUT2D eigenvalue weighted by molar-refractivity contribution is 0.601. The molecule has 0 fully saturated rings. The van der Waals surface area contributed by atoms with E-state index >= 15 is 0 Å². The van der Waals surface area contributed by atoms with Gasteiger partial charge in [0, 0.05) is 17.2 Å². The van der Waals surface area contributed by atoms with E-state index in [-0.39, 0.29) is 5.75 Å². The Labute approximate surface area is 98.7 Å². The Balaban J connectivity index is 2.27. The molecule has 2 rings (SSSR count). The average molecular weight is 253 g/mol. The summed E-state index contributed by atoms with van der Waals surface area (Å²) in [4.78, 5) is 4.31. The van der Waals surface area contributed by atoms with Gasteiger partial charge in [-0.25, -0.2) is 13.4 Å². The van der Waals surface area contributed by atoms with Gasteiger partial charge in [-0.2, -0.15) is 0 Å². The number of benzene rings is 1. The largest absolute Gasteiger partial charge is 0.240 e. The molecular weight excluding hydrogens is 242 g/mol. The normalized spacial score (nSPS) is 11.6. The summed E-state index contributed by atoms with van der Waals surface area (Å²) in [7, 11) is -3.00. The minimum atomic E-state index is -3.00. The second-order valence-corrected chi connectivity index (χ2v) is 6.65. The van der Waals surface area contributed by atoms with Crippen LogP contribution in [-0.4, -0.2) is 19.7 Å². The predicted octanol–water partition coefficient (Wildman–Crippen LogP) is 2.35. The quantitative estimate of drug-likeness (QED) is 0.843. The summed E-state index contributed by atoms with van der Waals surface area (Å²) >= 11 is 1.38. The molecular formula is C11H11NO2S2. The molecule has 0 unspecified atom stereocenters. The van der Waals surface area contributed by atoms with Crippen molar-refractivity contribution in [2.45, 2.75) is 5.75 Å². The molecule has 0 saturated carbocycles. The van der Waals surface area contributed by atoms with E-state index < -0.39 is 9.84 Å². The van der Waals surface area contributed by atoms with Gasteiger partial charge >= 0.3 is 0 Å². The highest BCUT2D eigenvalue weighted by Gasteiger charge is 2.09. The van der Waals surface area contributed by atoms with Crippen molar-refractivity contribution in [3.05, 3.63) is 40.7 Å². The second kappa shape index (κ2) is 4.35. The van der Waals surface area contributed by atoms with Gasteiger partial charge < -0.3 is 0 Å². The van der Waals surface area contributed by atoms with Crippen molar-refractivity contribution < 1.29 is 8.42 Å². The summed E-state index contributed by atoms with van der Waals surface area (Å²) < 4.78 is 22.2. The van der Waals surface area contributed by atoms with Crippen molar-refractivity contribution in [2.75, 3.05) is 6.26 Å². The number of aromatic nitrogens is 1. The Morgan fingerprint density at radius 1 is 1.25 bits per heavy atom. The van der Waals surface area contributed by atoms with Crippen LogP contribution in [0.2, 0.25) is 0 Å². The van der Waals surface area contributed by atoms with Crippen LogP contribution in [0.4, 0.5) is 0 Å². The van der Waals surface area contributed by atoms with Crippen LogP contribution in [0.5, 0.6) is 0 Å². The lowest BCUT2D eigenvalue weighted by atomic mass is 10.2. The third kappa shape index (κ3) is 2.90. The Hall–Kier alpha value is -1.20. The second-order valence-electron chi connectivity index (χ2n) is 3.56. The molecule has 2 aromatic rings. The molecule has 0 saturated heterocycles. The van der Waals surface area contributed by atoms with Gasteiger partial charge in [-0.05, 0) is 0 Å². The first-order valence-corrected chi connectivity index (χ1v) is 7.66. The molecule has 0 bridgehead atoms. The molecule has 0 spiro atoms. The van der Waals surface area contributed by atoms with Gasteiger partial charge in [-0.15, -0.1) is 11.3 Å². The number of hydrogen-bond acceptors (Lipinski definition) is 4. The zero-order chi connectivity index (χ0) is 11.6. The lowest BCUT2D eigenvalue weighted by Crippen LogP contribution is -1.99. The highest BCUT2D eigenvalue weighted by Crippen LogP contribution is 2.22. The number of nitrogens with zero attached hydrogens (tertiary/aromatic N) is 1. The number of thiazole rings is 1. The number of rotatable bonds is 3. The first-order chi connectivity index (χ1) is 7.54. The van der Waals surface area contributed by atoms with Crippen LogP contribution < -0.4 is 0 Å². The van der Waals surface area contributed by atoms with E-state index in [1.807, 2.05) is 35.7 Å². The third-order valence-corrected chi connectivity index (χ3v) is 3.84. The molecule has 0 N–H and O–H groups in total. The van der Waals surface area contributed by atoms with Crippen LogP contribution in [0.3, 0.4) is 0 Å². The van der Waals surface area contributed by atoms with Crippen LogP contribution in [0, 0.1) is 0 Å². The van der Waals surface area contributed by atoms with E-state index in [1.54, 1.807) is 0 Å². The molecule has 0 aliphatic heterocycles. The fraction of sp³-hybridized carbons (Fsp3) is 0.182. The molecule has 1 aromatic carbocycles. The molecule has 0 aliphatic rings. The maximum atomic E-state index is 11.1. The van der Waals surface area contributed by atoms with E-state index in [2.05, 4.69) is 4.98 Å². The van der Waals surface area contributed by atoms with Gasteiger partial charge in [0.25, 0.3) is 0 Å². The monoisotopic (exact) mass is 253 g/mol. The van der Waals surface area contributed by atoms with Crippen LogP contribution in [0.25, 0.3) is 11.3 Å². The van der Waals surface area contributed by atoms with Gasteiger partial charge in [0.15, 0.2) is 9.84 Å². The first-order valence-electron chi connectivity index (χ1n) is 4.72. The van der Waals surface area contributed by atoms with Crippen LogP contribution in [0.1, 0.15) is 5.01 Å². The van der Waals surface area contributed by atoms with Crippen LogP contribution in [-0.2, 0) is 15.6 Å². The fourth-order valence-electron chi connectivity index (χ4n) is 1.34. The van der Waals surface area contributed by atoms with E-state index in [1.165, 1.54) is 17.6 Å². The first kappa shape index (κ1) is 11.3. The zero-order valence-electron chi connectivity index (χ0n) is 8.75. The molecule has 3 nitrogen and oxygen atoms in total. The Morgan fingerprint density at radius 2 is 1.94 bits per heavy atom. The molecule has 0 amide bonds. The van der Waals surface area contributed by atoms with Crippen molar-refractivity contribution in [3.8, 4) is 11.3 Å². The standard InChI is InChI=1S/C11H11NO2S2/c1-16(13,14)8-11-12-10(7-15-11)9-5-3-2-4-6-9/h2-7H,8H2,1H3. The minimum Gasteiger partial charge on any atom is -0.240 e. The van der Waals surface area contributed by atoms with E-state index in [9.17, 15) is 8.42 Å². The molecule has 1 heterocycles. The topological polar surface area (TPSA) is 47.0 Å². The average Bonchev–Trinajstić information content (AvgIpc) is 2.65. The Morgan fingerprint density at radius 3 is 2.56 bits per heavy atom. The number of hydrogen-bond donors (Lipinski definition) is 0. The van der Waals surface area contributed by atoms with Crippen LogP contribution in [0.15, 0.2) is 35.7 Å². The van der Waals surface area contributed by atoms with Crippen molar-refractivity contribution >= 4 is 21.2 Å². The van der Waals surface area contributed by atoms with Gasteiger partial charge in [0.1, 0.15) is 10.8 Å². The third-order valence-electron chi connectivity index (χ3n) is 2.01. The summed E-state index contributed by atoms with van der Waals surface area (Å²) in [6.45, 7) is 0. The van der Waals surface area contributed by atoms with E-state index in [0.29, 0.717) is 5.01 Å². The maximum Gasteiger partial charge on any atom is 0.153 e. The van der Waals surface area contributed by atoms with Gasteiger partial charge in [0.05, 0.1) is 5.69 Å². The van der Waals surface area contributed by atoms with E-state index in [0.717, 1.165) is 11.3 Å². The zero-order valence-corrected chi connectivity index (χ0v) is 10.4. The molecule has 84 valence electrons. The van der Waals surface area contributed by atoms with Gasteiger partial charge in [-0.3, -0.25) is 0 Å². The highest BCUT2D eigenvalue weighted by atomic mass is 32.2. The van der Waals surface area contributed by atoms with E-state index in [4.69, 9.17) is 0 Å². The molecule has 0 atom stereocenters. The Bertz CT molecular complexity index is 573. The molecule has 0 aliphatic carbocycles. The molecule has 1 aromatic heterocycles. The molecule has 5 heteroatoms. The summed E-state index contributed by atoms with van der Waals surface area (Å²) in [6, 6.07) is 9.72. The predicted molar refractivity (Wildman–Crippen MR) is 66.1 cm³/mol. The van der Waals surface area contributed by atoms with Crippen molar-refractivity contribution in [1.82, 2.24) is 4.98 Å². The van der Waals surface area contributed by atoms with Gasteiger partial charge in [-0.1, -0.05) is 30.3 Å². The van der Waals surface area contributed by atoms with Gasteiger partial charge in [0.2, 0.25) is 0 Å². The summed E-state index contributed by atoms with van der Waals surface area (Å²) in [5.41, 5.74) is 1.85. The Kier molecular flexibility index (Phi) is 3.07. The summed E-state index contributed by atoms with van der Waals surface area (Å²) in [6.07, 6.45) is 1.22. The highest BCUT2D eigenvalue weighted by molar-refractivity contribution is 7.90. The maximum absolute atomic E-state index is 11.1. The van der Waals surface area contributed by atoms with Crippen molar-refractivity contribution in [2.24, 2.45) is 0 Å². The van der Waals surface area contributed by atoms with Crippen molar-refractivity contribution in [3.63, 3.8) is 0 Å². The minimum absolute atomic E-state index is 0.0184. The fourth-order valence-corrected chi connectivity index (χ4v) is 3.36. The lowest BCUT2D eigenvalue weighted by Gasteiger charge is -1.94. The SMILES string of the molecule is CS(=O)(=O)Cc1nc(-c2ccccc2)cs1.